The Morgan fingerprint density at radius 1 is 1.08 bits per heavy atom. The van der Waals surface area contributed by atoms with Crippen LogP contribution in [-0.4, -0.2) is 42.7 Å². The number of ketones is 1. The van der Waals surface area contributed by atoms with Crippen LogP contribution in [-0.2, 0) is 6.54 Å². The van der Waals surface area contributed by atoms with Gasteiger partial charge in [0.2, 0.25) is 5.78 Å². The third-order valence-electron chi connectivity index (χ3n) is 6.47. The molecule has 0 unspecified atom stereocenters. The second kappa shape index (κ2) is 10.2. The quantitative estimate of drug-likeness (QED) is 0.283. The molecule has 5 rings (SSSR count). The summed E-state index contributed by atoms with van der Waals surface area (Å²) in [5, 5.41) is 12.5. The largest absolute Gasteiger partial charge is 0.349 e. The fourth-order valence-electron chi connectivity index (χ4n) is 4.63. The number of aryl methyl sites for hydroxylation is 1. The molecule has 8 nitrogen and oxygen atoms in total. The zero-order chi connectivity index (χ0) is 25.2. The van der Waals surface area contributed by atoms with Crippen molar-refractivity contribution in [1.29, 1.82) is 0 Å². The van der Waals surface area contributed by atoms with E-state index in [0.29, 0.717) is 39.5 Å². The standard InChI is InChI=1S/C26H26FN5O3S/c1-2-13-31-24(35)20-12-9-17(23(34)28-19-5-3-4-6-19)14-21(20)32-25(31)29-30-26(32)36-15-22(33)16-7-10-18(27)11-8-16/h7-12,14,19H,2-6,13,15H2,1H3,(H,28,34). The zero-order valence-corrected chi connectivity index (χ0v) is 20.7. The minimum absolute atomic E-state index is 0.0582. The summed E-state index contributed by atoms with van der Waals surface area (Å²) in [6.45, 7) is 2.43. The molecule has 4 aromatic rings. The molecule has 36 heavy (non-hydrogen) atoms. The summed E-state index contributed by atoms with van der Waals surface area (Å²) < 4.78 is 16.5. The van der Waals surface area contributed by atoms with E-state index in [2.05, 4.69) is 15.5 Å². The van der Waals surface area contributed by atoms with Crippen LogP contribution in [0.15, 0.2) is 52.4 Å². The smallest absolute Gasteiger partial charge is 0.262 e. The highest BCUT2D eigenvalue weighted by Crippen LogP contribution is 2.24. The van der Waals surface area contributed by atoms with Gasteiger partial charge in [-0.25, -0.2) is 4.39 Å². The first-order valence-corrected chi connectivity index (χ1v) is 13.1. The molecule has 1 aliphatic carbocycles. The van der Waals surface area contributed by atoms with E-state index in [9.17, 15) is 18.8 Å². The van der Waals surface area contributed by atoms with Crippen LogP contribution in [0.2, 0.25) is 0 Å². The molecule has 0 aliphatic heterocycles. The van der Waals surface area contributed by atoms with Crippen LogP contribution in [0.4, 0.5) is 4.39 Å². The van der Waals surface area contributed by atoms with Gasteiger partial charge in [-0.05, 0) is 61.7 Å². The first-order chi connectivity index (χ1) is 17.5. The number of benzene rings is 2. The molecular weight excluding hydrogens is 481 g/mol. The molecule has 2 aromatic carbocycles. The lowest BCUT2D eigenvalue weighted by Gasteiger charge is -2.14. The second-order valence-corrected chi connectivity index (χ2v) is 9.92. The Bertz CT molecular complexity index is 1510. The molecular formula is C26H26FN5O3S. The number of nitrogens with one attached hydrogen (secondary N) is 1. The van der Waals surface area contributed by atoms with Crippen molar-refractivity contribution in [1.82, 2.24) is 24.5 Å². The van der Waals surface area contributed by atoms with E-state index in [4.69, 9.17) is 0 Å². The topological polar surface area (TPSA) is 98.4 Å². The van der Waals surface area contributed by atoms with E-state index >= 15 is 0 Å². The van der Waals surface area contributed by atoms with Crippen LogP contribution in [0.25, 0.3) is 16.7 Å². The number of thioether (sulfide) groups is 1. The molecule has 10 heteroatoms. The number of nitrogens with zero attached hydrogens (tertiary/aromatic N) is 4. The minimum Gasteiger partial charge on any atom is -0.349 e. The molecule has 0 atom stereocenters. The summed E-state index contributed by atoms with van der Waals surface area (Å²) in [4.78, 5) is 38.9. The van der Waals surface area contributed by atoms with Crippen LogP contribution in [0, 0.1) is 5.82 Å². The van der Waals surface area contributed by atoms with E-state index in [-0.39, 0.29) is 29.0 Å². The normalized spacial score (nSPS) is 14.1. The summed E-state index contributed by atoms with van der Waals surface area (Å²) in [7, 11) is 0. The highest BCUT2D eigenvalue weighted by molar-refractivity contribution is 7.99. The van der Waals surface area contributed by atoms with Crippen molar-refractivity contribution in [3.8, 4) is 0 Å². The molecule has 0 saturated heterocycles. The summed E-state index contributed by atoms with van der Waals surface area (Å²) in [6, 6.07) is 10.6. The molecule has 186 valence electrons. The van der Waals surface area contributed by atoms with Gasteiger partial charge in [0.05, 0.1) is 16.7 Å². The maximum absolute atomic E-state index is 13.3. The number of hydrogen-bond donors (Lipinski definition) is 1. The number of fused-ring (bicyclic) bond motifs is 3. The van der Waals surface area contributed by atoms with Crippen LogP contribution in [0.5, 0.6) is 0 Å². The van der Waals surface area contributed by atoms with Gasteiger partial charge in [-0.2, -0.15) is 0 Å². The number of carbonyl (C=O) groups excluding carboxylic acids is 2. The summed E-state index contributed by atoms with van der Waals surface area (Å²) >= 11 is 1.18. The molecule has 0 bridgehead atoms. The van der Waals surface area contributed by atoms with E-state index < -0.39 is 5.82 Å². The van der Waals surface area contributed by atoms with Crippen molar-refractivity contribution in [3.05, 3.63) is 69.8 Å². The van der Waals surface area contributed by atoms with Crippen LogP contribution < -0.4 is 10.9 Å². The lowest BCUT2D eigenvalue weighted by Crippen LogP contribution is -2.32. The SMILES string of the molecule is CCCn1c(=O)c2ccc(C(=O)NC3CCCC3)cc2n2c(SCC(=O)c3ccc(F)cc3)nnc12. The Hall–Kier alpha value is -3.53. The van der Waals surface area contributed by atoms with Crippen molar-refractivity contribution < 1.29 is 14.0 Å². The Morgan fingerprint density at radius 2 is 1.81 bits per heavy atom. The highest BCUT2D eigenvalue weighted by Gasteiger charge is 2.21. The summed E-state index contributed by atoms with van der Waals surface area (Å²) in [6.07, 6.45) is 4.89. The Kier molecular flexibility index (Phi) is 6.86. The van der Waals surface area contributed by atoms with E-state index in [1.165, 1.54) is 36.0 Å². The van der Waals surface area contributed by atoms with Crippen LogP contribution in [0.3, 0.4) is 0 Å². The molecule has 2 heterocycles. The first kappa shape index (κ1) is 24.2. The van der Waals surface area contributed by atoms with Crippen molar-refractivity contribution in [2.24, 2.45) is 0 Å². The lowest BCUT2D eigenvalue weighted by atomic mass is 10.1. The summed E-state index contributed by atoms with van der Waals surface area (Å²) in [5.41, 5.74) is 1.17. The number of amides is 1. The van der Waals surface area contributed by atoms with Gasteiger partial charge in [0.25, 0.3) is 11.5 Å². The molecule has 1 fully saturated rings. The molecule has 1 saturated carbocycles. The third-order valence-corrected chi connectivity index (χ3v) is 7.40. The van der Waals surface area contributed by atoms with Gasteiger partial charge in [0.1, 0.15) is 5.82 Å². The molecule has 0 radical (unpaired) electrons. The predicted octanol–water partition coefficient (Wildman–Crippen LogP) is 4.24. The number of halogens is 1. The molecule has 0 spiro atoms. The first-order valence-electron chi connectivity index (χ1n) is 12.1. The van der Waals surface area contributed by atoms with Gasteiger partial charge in [0.15, 0.2) is 10.9 Å². The zero-order valence-electron chi connectivity index (χ0n) is 19.9. The fraction of sp³-hybridized carbons (Fsp3) is 0.346. The van der Waals surface area contributed by atoms with Crippen LogP contribution >= 0.6 is 11.8 Å². The second-order valence-electron chi connectivity index (χ2n) is 8.98. The average Bonchev–Trinajstić information content (AvgIpc) is 3.55. The van der Waals surface area contributed by atoms with Crippen molar-refractivity contribution in [2.45, 2.75) is 56.8 Å². The van der Waals surface area contributed by atoms with Gasteiger partial charge in [-0.1, -0.05) is 31.5 Å². The van der Waals surface area contributed by atoms with Gasteiger partial charge >= 0.3 is 0 Å². The molecule has 1 amide bonds. The minimum atomic E-state index is -0.407. The van der Waals surface area contributed by atoms with Crippen LogP contribution in [0.1, 0.15) is 59.7 Å². The maximum Gasteiger partial charge on any atom is 0.262 e. The van der Waals surface area contributed by atoms with Gasteiger partial charge in [-0.3, -0.25) is 23.4 Å². The van der Waals surface area contributed by atoms with Gasteiger partial charge in [-0.15, -0.1) is 10.2 Å². The molecule has 1 N–H and O–H groups in total. The van der Waals surface area contributed by atoms with Gasteiger partial charge < -0.3 is 5.32 Å². The third kappa shape index (κ3) is 4.65. The average molecular weight is 508 g/mol. The van der Waals surface area contributed by atoms with E-state index in [1.807, 2.05) is 6.92 Å². The number of carbonyl (C=O) groups is 2. The highest BCUT2D eigenvalue weighted by atomic mass is 32.2. The number of hydrogen-bond acceptors (Lipinski definition) is 6. The number of rotatable bonds is 8. The lowest BCUT2D eigenvalue weighted by molar-refractivity contribution is 0.0937. The van der Waals surface area contributed by atoms with Crippen molar-refractivity contribution in [2.75, 3.05) is 5.75 Å². The van der Waals surface area contributed by atoms with Gasteiger partial charge in [0, 0.05) is 23.7 Å². The van der Waals surface area contributed by atoms with Crippen molar-refractivity contribution >= 4 is 40.1 Å². The molecule has 2 aromatic heterocycles. The molecule has 1 aliphatic rings. The van der Waals surface area contributed by atoms with E-state index in [0.717, 1.165) is 32.1 Å². The number of aromatic nitrogens is 4. The monoisotopic (exact) mass is 507 g/mol. The number of Topliss-reactive ketones (excluding diaryl/α,β-unsaturated/α-hetero) is 1. The predicted molar refractivity (Wildman–Crippen MR) is 136 cm³/mol. The Labute approximate surface area is 210 Å². The van der Waals surface area contributed by atoms with E-state index in [1.54, 1.807) is 27.2 Å². The van der Waals surface area contributed by atoms with Crippen molar-refractivity contribution in [3.63, 3.8) is 0 Å². The fourth-order valence-corrected chi connectivity index (χ4v) is 5.46. The maximum atomic E-state index is 13.3. The Morgan fingerprint density at radius 3 is 2.53 bits per heavy atom. The summed E-state index contributed by atoms with van der Waals surface area (Å²) in [5.74, 6) is -0.346. The Balaban J connectivity index is 1.54.